The summed E-state index contributed by atoms with van der Waals surface area (Å²) in [7, 11) is 0. The van der Waals surface area contributed by atoms with E-state index in [1.807, 2.05) is 19.1 Å². The number of aromatic nitrogens is 1. The Kier molecular flexibility index (Phi) is 3.84. The van der Waals surface area contributed by atoms with Crippen LogP contribution >= 0.6 is 22.9 Å². The zero-order chi connectivity index (χ0) is 13.1. The molecule has 94 valence electrons. The Morgan fingerprint density at radius 3 is 3.00 bits per heavy atom. The van der Waals surface area contributed by atoms with E-state index in [1.54, 1.807) is 11.4 Å². The largest absolute Gasteiger partial charge is 0.486 e. The van der Waals surface area contributed by atoms with Crippen molar-refractivity contribution in [2.75, 3.05) is 0 Å². The highest BCUT2D eigenvalue weighted by Crippen LogP contribution is 2.26. The van der Waals surface area contributed by atoms with Crippen molar-refractivity contribution in [3.8, 4) is 5.75 Å². The van der Waals surface area contributed by atoms with Gasteiger partial charge in [-0.15, -0.1) is 11.3 Å². The number of aromatic carboxylic acids is 1. The highest BCUT2D eigenvalue weighted by atomic mass is 35.5. The Morgan fingerprint density at radius 1 is 1.56 bits per heavy atom. The monoisotopic (exact) mass is 283 g/mol. The van der Waals surface area contributed by atoms with Crippen molar-refractivity contribution in [3.63, 3.8) is 0 Å². The fraction of sp³-hybridized carbons (Fsp3) is 0.167. The fourth-order valence-corrected chi connectivity index (χ4v) is 2.16. The summed E-state index contributed by atoms with van der Waals surface area (Å²) in [5, 5.41) is 11.0. The van der Waals surface area contributed by atoms with Crippen LogP contribution < -0.4 is 4.74 Å². The van der Waals surface area contributed by atoms with Gasteiger partial charge < -0.3 is 9.84 Å². The predicted molar refractivity (Wildman–Crippen MR) is 69.6 cm³/mol. The molecule has 1 aromatic carbocycles. The molecule has 0 saturated carbocycles. The molecule has 0 amide bonds. The number of benzene rings is 1. The first-order valence-electron chi connectivity index (χ1n) is 5.13. The summed E-state index contributed by atoms with van der Waals surface area (Å²) in [6, 6.07) is 5.48. The lowest BCUT2D eigenvalue weighted by Gasteiger charge is -2.07. The standard InChI is InChI=1S/C12H10ClNO3S/c1-7-2-3-9(13)10(4-7)17-5-8-6-18-11(14-8)12(15)16/h2-4,6H,5H2,1H3,(H,15,16). The van der Waals surface area contributed by atoms with Crippen LogP contribution in [0.1, 0.15) is 21.1 Å². The topological polar surface area (TPSA) is 59.4 Å². The van der Waals surface area contributed by atoms with Crippen molar-refractivity contribution in [2.24, 2.45) is 0 Å². The van der Waals surface area contributed by atoms with Gasteiger partial charge in [0.1, 0.15) is 12.4 Å². The summed E-state index contributed by atoms with van der Waals surface area (Å²) in [5.74, 6) is -0.457. The van der Waals surface area contributed by atoms with Crippen molar-refractivity contribution < 1.29 is 14.6 Å². The summed E-state index contributed by atoms with van der Waals surface area (Å²) >= 11 is 7.06. The zero-order valence-corrected chi connectivity index (χ0v) is 11.1. The van der Waals surface area contributed by atoms with Crippen molar-refractivity contribution >= 4 is 28.9 Å². The van der Waals surface area contributed by atoms with Crippen molar-refractivity contribution in [3.05, 3.63) is 44.9 Å². The molecule has 6 heteroatoms. The molecule has 0 bridgehead atoms. The minimum absolute atomic E-state index is 0.0592. The second-order valence-corrected chi connectivity index (χ2v) is 4.94. The maximum atomic E-state index is 10.7. The molecule has 0 aliphatic heterocycles. The van der Waals surface area contributed by atoms with E-state index in [2.05, 4.69) is 4.98 Å². The number of rotatable bonds is 4. The van der Waals surface area contributed by atoms with Gasteiger partial charge in [-0.2, -0.15) is 0 Å². The molecule has 1 heterocycles. The molecule has 0 unspecified atom stereocenters. The number of halogens is 1. The van der Waals surface area contributed by atoms with Crippen LogP contribution in [0.4, 0.5) is 0 Å². The van der Waals surface area contributed by atoms with E-state index in [4.69, 9.17) is 21.4 Å². The minimum Gasteiger partial charge on any atom is -0.486 e. The van der Waals surface area contributed by atoms with Gasteiger partial charge in [-0.1, -0.05) is 17.7 Å². The molecule has 0 atom stereocenters. The number of hydrogen-bond donors (Lipinski definition) is 1. The SMILES string of the molecule is Cc1ccc(Cl)c(OCc2csc(C(=O)O)n2)c1. The lowest BCUT2D eigenvalue weighted by molar-refractivity contribution is 0.0696. The van der Waals surface area contributed by atoms with Gasteiger partial charge in [0.15, 0.2) is 0 Å². The summed E-state index contributed by atoms with van der Waals surface area (Å²) in [4.78, 5) is 14.6. The number of ether oxygens (including phenoxy) is 1. The zero-order valence-electron chi connectivity index (χ0n) is 9.51. The van der Waals surface area contributed by atoms with Crippen LogP contribution in [-0.2, 0) is 6.61 Å². The van der Waals surface area contributed by atoms with Gasteiger partial charge in [-0.25, -0.2) is 9.78 Å². The summed E-state index contributed by atoms with van der Waals surface area (Å²) in [6.45, 7) is 2.14. The van der Waals surface area contributed by atoms with Crippen LogP contribution in [0.2, 0.25) is 5.02 Å². The highest BCUT2D eigenvalue weighted by molar-refractivity contribution is 7.11. The quantitative estimate of drug-likeness (QED) is 0.934. The van der Waals surface area contributed by atoms with Crippen molar-refractivity contribution in [1.82, 2.24) is 4.98 Å². The number of carbonyl (C=O) groups is 1. The maximum absolute atomic E-state index is 10.7. The van der Waals surface area contributed by atoms with Crippen molar-refractivity contribution in [2.45, 2.75) is 13.5 Å². The van der Waals surface area contributed by atoms with E-state index in [-0.39, 0.29) is 11.6 Å². The van der Waals surface area contributed by atoms with Gasteiger partial charge in [0.25, 0.3) is 0 Å². The molecule has 18 heavy (non-hydrogen) atoms. The molecule has 0 radical (unpaired) electrons. The Bertz CT molecular complexity index is 582. The van der Waals surface area contributed by atoms with Gasteiger partial charge >= 0.3 is 5.97 Å². The minimum atomic E-state index is -1.03. The van der Waals surface area contributed by atoms with Gasteiger partial charge in [0.05, 0.1) is 10.7 Å². The van der Waals surface area contributed by atoms with Gasteiger partial charge in [0.2, 0.25) is 5.01 Å². The van der Waals surface area contributed by atoms with Crippen molar-refractivity contribution in [1.29, 1.82) is 0 Å². The van der Waals surface area contributed by atoms with Crippen LogP contribution in [0.5, 0.6) is 5.75 Å². The number of carboxylic acid groups (broad SMARTS) is 1. The number of aryl methyl sites for hydroxylation is 1. The van der Waals surface area contributed by atoms with Gasteiger partial charge in [-0.05, 0) is 24.6 Å². The Labute approximate surface area is 113 Å². The smallest absolute Gasteiger partial charge is 0.365 e. The number of hydrogen-bond acceptors (Lipinski definition) is 4. The van der Waals surface area contributed by atoms with Crippen LogP contribution in [0.3, 0.4) is 0 Å². The number of carboxylic acids is 1. The second-order valence-electron chi connectivity index (χ2n) is 3.67. The lowest BCUT2D eigenvalue weighted by Crippen LogP contribution is -1.99. The normalized spacial score (nSPS) is 10.3. The van der Waals surface area contributed by atoms with Crippen LogP contribution in [-0.4, -0.2) is 16.1 Å². The average molecular weight is 284 g/mol. The first-order valence-corrected chi connectivity index (χ1v) is 6.38. The predicted octanol–water partition coefficient (Wildman–Crippen LogP) is 3.38. The summed E-state index contributed by atoms with van der Waals surface area (Å²) < 4.78 is 5.52. The number of thiazole rings is 1. The van der Waals surface area contributed by atoms with E-state index >= 15 is 0 Å². The van der Waals surface area contributed by atoms with Crippen LogP contribution in [0.15, 0.2) is 23.6 Å². The Balaban J connectivity index is 2.06. The molecule has 0 spiro atoms. The molecular weight excluding hydrogens is 274 g/mol. The third-order valence-corrected chi connectivity index (χ3v) is 3.39. The molecule has 0 aliphatic carbocycles. The molecular formula is C12H10ClNO3S. The third kappa shape index (κ3) is 3.00. The average Bonchev–Trinajstić information content (AvgIpc) is 2.79. The van der Waals surface area contributed by atoms with E-state index < -0.39 is 5.97 Å². The molecule has 0 fully saturated rings. The summed E-state index contributed by atoms with van der Waals surface area (Å²) in [6.07, 6.45) is 0. The van der Waals surface area contributed by atoms with E-state index in [0.29, 0.717) is 16.5 Å². The third-order valence-electron chi connectivity index (χ3n) is 2.20. The highest BCUT2D eigenvalue weighted by Gasteiger charge is 2.10. The van der Waals surface area contributed by atoms with Gasteiger partial charge in [0, 0.05) is 5.38 Å². The molecule has 1 N–H and O–H groups in total. The first kappa shape index (κ1) is 12.9. The van der Waals surface area contributed by atoms with E-state index in [9.17, 15) is 4.79 Å². The van der Waals surface area contributed by atoms with Crippen LogP contribution in [0.25, 0.3) is 0 Å². The molecule has 0 aliphatic rings. The molecule has 4 nitrogen and oxygen atoms in total. The fourth-order valence-electron chi connectivity index (χ4n) is 1.34. The van der Waals surface area contributed by atoms with Gasteiger partial charge in [-0.3, -0.25) is 0 Å². The molecule has 2 aromatic rings. The Hall–Kier alpha value is -1.59. The first-order chi connectivity index (χ1) is 8.56. The Morgan fingerprint density at radius 2 is 2.33 bits per heavy atom. The van der Waals surface area contributed by atoms with E-state index in [0.717, 1.165) is 16.9 Å². The summed E-state index contributed by atoms with van der Waals surface area (Å²) in [5.41, 5.74) is 1.62. The van der Waals surface area contributed by atoms with Crippen LogP contribution in [0, 0.1) is 6.92 Å². The molecule has 1 aromatic heterocycles. The molecule has 0 saturated heterocycles. The number of nitrogens with zero attached hydrogens (tertiary/aromatic N) is 1. The maximum Gasteiger partial charge on any atom is 0.365 e. The molecule has 2 rings (SSSR count). The van der Waals surface area contributed by atoms with E-state index in [1.165, 1.54) is 0 Å². The second kappa shape index (κ2) is 5.37. The lowest BCUT2D eigenvalue weighted by atomic mass is 10.2.